The topological polar surface area (TPSA) is 52.8 Å². The Morgan fingerprint density at radius 1 is 1.21 bits per heavy atom. The molecule has 0 saturated heterocycles. The van der Waals surface area contributed by atoms with Crippen molar-refractivity contribution in [2.75, 3.05) is 0 Å². The molecule has 3 rings (SSSR count). The van der Waals surface area contributed by atoms with E-state index in [1.807, 2.05) is 51.1 Å². The first-order chi connectivity index (χ1) is 11.4. The van der Waals surface area contributed by atoms with Gasteiger partial charge in [0.05, 0.1) is 23.6 Å². The Morgan fingerprint density at radius 2 is 2.04 bits per heavy atom. The Morgan fingerprint density at radius 3 is 2.83 bits per heavy atom. The molecule has 3 aromatic rings. The number of fused-ring (bicyclic) bond motifs is 1. The van der Waals surface area contributed by atoms with Gasteiger partial charge >= 0.3 is 5.97 Å². The van der Waals surface area contributed by atoms with E-state index in [0.29, 0.717) is 5.56 Å². The maximum Gasteiger partial charge on any atom is 0.339 e. The minimum Gasteiger partial charge on any atom is -0.488 e. The molecular formula is C19H20N2O3. The molecule has 2 aromatic heterocycles. The fraction of sp³-hybridized carbons (Fsp3) is 0.263. The smallest absolute Gasteiger partial charge is 0.339 e. The second kappa shape index (κ2) is 6.35. The average Bonchev–Trinajstić information content (AvgIpc) is 2.99. The monoisotopic (exact) mass is 324 g/mol. The second-order valence-corrected chi connectivity index (χ2v) is 6.58. The van der Waals surface area contributed by atoms with Crippen molar-refractivity contribution >= 4 is 11.5 Å². The molecule has 0 spiro atoms. The van der Waals surface area contributed by atoms with E-state index in [2.05, 4.69) is 4.98 Å². The van der Waals surface area contributed by atoms with E-state index in [1.165, 1.54) is 0 Å². The molecule has 0 N–H and O–H groups in total. The molecular weight excluding hydrogens is 304 g/mol. The first-order valence-electron chi connectivity index (χ1n) is 7.77. The van der Waals surface area contributed by atoms with Crippen LogP contribution in [0.2, 0.25) is 0 Å². The molecule has 0 saturated carbocycles. The number of imidazole rings is 1. The molecule has 0 fully saturated rings. The molecule has 5 nitrogen and oxygen atoms in total. The summed E-state index contributed by atoms with van der Waals surface area (Å²) in [7, 11) is 0. The molecule has 0 amide bonds. The number of benzene rings is 1. The number of esters is 1. The van der Waals surface area contributed by atoms with Gasteiger partial charge in [0.1, 0.15) is 18.0 Å². The van der Waals surface area contributed by atoms with Gasteiger partial charge in [-0.3, -0.25) is 0 Å². The summed E-state index contributed by atoms with van der Waals surface area (Å²) in [5.74, 6) is 0.392. The van der Waals surface area contributed by atoms with Crippen LogP contribution < -0.4 is 4.74 Å². The van der Waals surface area contributed by atoms with Crippen LogP contribution >= 0.6 is 0 Å². The highest BCUT2D eigenvalue weighted by Crippen LogP contribution is 2.20. The summed E-state index contributed by atoms with van der Waals surface area (Å²) in [5, 5.41) is 0. The lowest BCUT2D eigenvalue weighted by molar-refractivity contribution is 0.0471. The zero-order valence-electron chi connectivity index (χ0n) is 14.0. The maximum absolute atomic E-state index is 12.2. The van der Waals surface area contributed by atoms with Gasteiger partial charge in [-0.1, -0.05) is 12.1 Å². The summed E-state index contributed by atoms with van der Waals surface area (Å²) in [4.78, 5) is 16.2. The molecule has 0 radical (unpaired) electrons. The third-order valence-electron chi connectivity index (χ3n) is 3.34. The van der Waals surface area contributed by atoms with Crippen molar-refractivity contribution < 1.29 is 14.3 Å². The van der Waals surface area contributed by atoms with E-state index in [9.17, 15) is 4.79 Å². The fourth-order valence-corrected chi connectivity index (χ4v) is 2.33. The van der Waals surface area contributed by atoms with E-state index in [1.54, 1.807) is 29.2 Å². The van der Waals surface area contributed by atoms with Crippen LogP contribution in [0.5, 0.6) is 5.75 Å². The molecule has 1 aromatic carbocycles. The largest absolute Gasteiger partial charge is 0.488 e. The summed E-state index contributed by atoms with van der Waals surface area (Å²) >= 11 is 0. The Kier molecular flexibility index (Phi) is 4.25. The highest BCUT2D eigenvalue weighted by Gasteiger charge is 2.13. The quantitative estimate of drug-likeness (QED) is 0.684. The summed E-state index contributed by atoms with van der Waals surface area (Å²) in [6, 6.07) is 11.1. The molecule has 0 unspecified atom stereocenters. The van der Waals surface area contributed by atoms with Crippen molar-refractivity contribution in [3.8, 4) is 5.75 Å². The first kappa shape index (κ1) is 16.1. The number of hydrogen-bond acceptors (Lipinski definition) is 4. The molecule has 0 atom stereocenters. The van der Waals surface area contributed by atoms with Crippen LogP contribution in [0.25, 0.3) is 5.52 Å². The third kappa shape index (κ3) is 3.93. The lowest BCUT2D eigenvalue weighted by Crippen LogP contribution is -2.22. The normalized spacial score (nSPS) is 11.5. The Labute approximate surface area is 140 Å². The van der Waals surface area contributed by atoms with Crippen molar-refractivity contribution in [3.63, 3.8) is 0 Å². The van der Waals surface area contributed by atoms with Crippen LogP contribution in [-0.4, -0.2) is 21.0 Å². The molecule has 0 bridgehead atoms. The van der Waals surface area contributed by atoms with Crippen LogP contribution in [0.3, 0.4) is 0 Å². The number of ether oxygens (including phenoxy) is 2. The van der Waals surface area contributed by atoms with Gasteiger partial charge in [-0.25, -0.2) is 9.78 Å². The maximum atomic E-state index is 12.2. The molecule has 24 heavy (non-hydrogen) atoms. The first-order valence-corrected chi connectivity index (χ1v) is 7.77. The molecule has 124 valence electrons. The number of pyridine rings is 1. The van der Waals surface area contributed by atoms with Gasteiger partial charge in [0, 0.05) is 6.20 Å². The third-order valence-corrected chi connectivity index (χ3v) is 3.34. The number of nitrogens with zero attached hydrogens (tertiary/aromatic N) is 2. The molecule has 2 heterocycles. The van der Waals surface area contributed by atoms with Crippen LogP contribution in [0, 0.1) is 0 Å². The standard InChI is InChI=1S/C19H20N2O3/c1-19(2,3)24-17-6-4-5-14(9-17)12-23-18(22)15-7-8-16-10-20-13-21(16)11-15/h4-11,13H,12H2,1-3H3. The predicted octanol–water partition coefficient (Wildman–Crippen LogP) is 3.87. The van der Waals surface area contributed by atoms with Gasteiger partial charge in [-0.2, -0.15) is 0 Å². The van der Waals surface area contributed by atoms with E-state index in [0.717, 1.165) is 16.8 Å². The number of carbonyl (C=O) groups is 1. The van der Waals surface area contributed by atoms with E-state index >= 15 is 0 Å². The van der Waals surface area contributed by atoms with Gasteiger partial charge in [-0.15, -0.1) is 0 Å². The molecule has 0 aliphatic carbocycles. The van der Waals surface area contributed by atoms with Gasteiger partial charge in [0.2, 0.25) is 0 Å². The van der Waals surface area contributed by atoms with Crippen molar-refractivity contribution in [1.82, 2.24) is 9.38 Å². The number of aromatic nitrogens is 2. The summed E-state index contributed by atoms with van der Waals surface area (Å²) in [6.45, 7) is 6.17. The summed E-state index contributed by atoms with van der Waals surface area (Å²) in [6.07, 6.45) is 5.10. The highest BCUT2D eigenvalue weighted by atomic mass is 16.5. The summed E-state index contributed by atoms with van der Waals surface area (Å²) < 4.78 is 13.0. The molecule has 0 aliphatic heterocycles. The second-order valence-electron chi connectivity index (χ2n) is 6.58. The minimum absolute atomic E-state index is 0.197. The van der Waals surface area contributed by atoms with Crippen molar-refractivity contribution in [3.05, 3.63) is 66.2 Å². The van der Waals surface area contributed by atoms with Gasteiger partial charge in [0.25, 0.3) is 0 Å². The average molecular weight is 324 g/mol. The Balaban J connectivity index is 1.66. The SMILES string of the molecule is CC(C)(C)Oc1cccc(COC(=O)c2ccc3cncn3c2)c1. The van der Waals surface area contributed by atoms with E-state index < -0.39 is 0 Å². The van der Waals surface area contributed by atoms with Crippen molar-refractivity contribution in [2.24, 2.45) is 0 Å². The van der Waals surface area contributed by atoms with Gasteiger partial charge in [-0.05, 0) is 50.6 Å². The lowest BCUT2D eigenvalue weighted by Gasteiger charge is -2.21. The van der Waals surface area contributed by atoms with Gasteiger partial charge < -0.3 is 13.9 Å². The van der Waals surface area contributed by atoms with Crippen LogP contribution in [0.1, 0.15) is 36.7 Å². The lowest BCUT2D eigenvalue weighted by atomic mass is 10.1. The predicted molar refractivity (Wildman–Crippen MR) is 91.1 cm³/mol. The minimum atomic E-state index is -0.368. The Bertz CT molecular complexity index is 862. The van der Waals surface area contributed by atoms with Crippen molar-refractivity contribution in [2.45, 2.75) is 33.0 Å². The number of carbonyl (C=O) groups excluding carboxylic acids is 1. The molecule has 0 aliphatic rings. The highest BCUT2D eigenvalue weighted by molar-refractivity contribution is 5.89. The molecule has 5 heteroatoms. The number of rotatable bonds is 4. The van der Waals surface area contributed by atoms with E-state index in [-0.39, 0.29) is 18.2 Å². The summed E-state index contributed by atoms with van der Waals surface area (Å²) in [5.41, 5.74) is 2.03. The fourth-order valence-electron chi connectivity index (χ4n) is 2.33. The van der Waals surface area contributed by atoms with Gasteiger partial charge in [0.15, 0.2) is 0 Å². The van der Waals surface area contributed by atoms with Crippen LogP contribution in [0.15, 0.2) is 55.1 Å². The zero-order chi connectivity index (χ0) is 17.2. The van der Waals surface area contributed by atoms with Crippen LogP contribution in [0.4, 0.5) is 0 Å². The number of hydrogen-bond donors (Lipinski definition) is 0. The van der Waals surface area contributed by atoms with Crippen molar-refractivity contribution in [1.29, 1.82) is 0 Å². The zero-order valence-corrected chi connectivity index (χ0v) is 14.0. The van der Waals surface area contributed by atoms with Crippen LogP contribution in [-0.2, 0) is 11.3 Å². The Hall–Kier alpha value is -2.82. The van der Waals surface area contributed by atoms with E-state index in [4.69, 9.17) is 9.47 Å².